The summed E-state index contributed by atoms with van der Waals surface area (Å²) in [6.07, 6.45) is -4.46. The fraction of sp³-hybridized carbons (Fsp3) is 0.125. The second-order valence-corrected chi connectivity index (χ2v) is 4.67. The molecule has 0 aliphatic rings. The maximum atomic E-state index is 12.6. The molecule has 0 aromatic heterocycles. The molecule has 0 unspecified atom stereocenters. The lowest BCUT2D eigenvalue weighted by molar-refractivity contribution is -0.137. The summed E-state index contributed by atoms with van der Waals surface area (Å²) in [5.41, 5.74) is 0.249. The van der Waals surface area contributed by atoms with Crippen molar-refractivity contribution in [2.75, 3.05) is 17.2 Å². The first-order valence-electron chi connectivity index (χ1n) is 6.59. The van der Waals surface area contributed by atoms with Gasteiger partial charge >= 0.3 is 6.18 Å². The van der Waals surface area contributed by atoms with E-state index >= 15 is 0 Å². The van der Waals surface area contributed by atoms with Crippen LogP contribution in [0.4, 0.5) is 24.5 Å². The van der Waals surface area contributed by atoms with E-state index in [0.29, 0.717) is 11.3 Å². The van der Waals surface area contributed by atoms with E-state index in [-0.39, 0.29) is 12.2 Å². The van der Waals surface area contributed by atoms with Gasteiger partial charge in [-0.15, -0.1) is 0 Å². The molecule has 118 valence electrons. The molecule has 23 heavy (non-hydrogen) atoms. The maximum Gasteiger partial charge on any atom is 0.416 e. The Balaban J connectivity index is 1.96. The summed E-state index contributed by atoms with van der Waals surface area (Å²) in [5, 5.41) is 14.0. The SMILES string of the molecule is N#Cc1cccc(NCC(=O)Nc2cccc(C(F)(F)F)c2)c1. The number of hydrogen-bond acceptors (Lipinski definition) is 3. The van der Waals surface area contributed by atoms with Crippen molar-refractivity contribution in [3.05, 3.63) is 59.7 Å². The Labute approximate surface area is 130 Å². The van der Waals surface area contributed by atoms with Crippen LogP contribution in [0.5, 0.6) is 0 Å². The van der Waals surface area contributed by atoms with Crippen molar-refractivity contribution in [2.24, 2.45) is 0 Å². The van der Waals surface area contributed by atoms with Gasteiger partial charge < -0.3 is 10.6 Å². The van der Waals surface area contributed by atoms with Gasteiger partial charge in [-0.3, -0.25) is 4.79 Å². The van der Waals surface area contributed by atoms with Gasteiger partial charge in [0.15, 0.2) is 0 Å². The lowest BCUT2D eigenvalue weighted by atomic mass is 10.2. The van der Waals surface area contributed by atoms with Crippen LogP contribution < -0.4 is 10.6 Å². The molecule has 2 rings (SSSR count). The number of amides is 1. The van der Waals surface area contributed by atoms with Crippen LogP contribution in [0.3, 0.4) is 0 Å². The van der Waals surface area contributed by atoms with Crippen LogP contribution in [0.2, 0.25) is 0 Å². The first-order chi connectivity index (χ1) is 10.9. The summed E-state index contributed by atoms with van der Waals surface area (Å²) >= 11 is 0. The number of benzene rings is 2. The Morgan fingerprint density at radius 2 is 1.78 bits per heavy atom. The van der Waals surface area contributed by atoms with Gasteiger partial charge in [-0.05, 0) is 36.4 Å². The summed E-state index contributed by atoms with van der Waals surface area (Å²) < 4.78 is 37.8. The van der Waals surface area contributed by atoms with Crippen molar-refractivity contribution >= 4 is 17.3 Å². The standard InChI is InChI=1S/C16H12F3N3O/c17-16(18,19)12-4-2-6-14(8-12)22-15(23)10-21-13-5-1-3-11(7-13)9-20/h1-8,21H,10H2,(H,22,23). The minimum atomic E-state index is -4.46. The predicted molar refractivity (Wildman–Crippen MR) is 79.7 cm³/mol. The number of rotatable bonds is 4. The minimum absolute atomic E-state index is 0.0670. The Kier molecular flexibility index (Phi) is 4.86. The summed E-state index contributed by atoms with van der Waals surface area (Å²) in [7, 11) is 0. The van der Waals surface area contributed by atoms with Crippen LogP contribution in [-0.4, -0.2) is 12.5 Å². The van der Waals surface area contributed by atoms with Crippen molar-refractivity contribution in [1.82, 2.24) is 0 Å². The smallest absolute Gasteiger partial charge is 0.376 e. The molecular formula is C16H12F3N3O. The second kappa shape index (κ2) is 6.83. The zero-order valence-electron chi connectivity index (χ0n) is 11.8. The van der Waals surface area contributed by atoms with Gasteiger partial charge in [0.2, 0.25) is 5.91 Å². The number of nitrogens with zero attached hydrogens (tertiary/aromatic N) is 1. The van der Waals surface area contributed by atoms with Crippen LogP contribution in [-0.2, 0) is 11.0 Å². The third-order valence-corrected chi connectivity index (χ3v) is 2.92. The van der Waals surface area contributed by atoms with E-state index in [1.807, 2.05) is 6.07 Å². The Hall–Kier alpha value is -3.01. The van der Waals surface area contributed by atoms with Gasteiger partial charge in [0, 0.05) is 11.4 Å². The van der Waals surface area contributed by atoms with Crippen molar-refractivity contribution in [1.29, 1.82) is 5.26 Å². The molecule has 0 spiro atoms. The number of nitrogens with one attached hydrogen (secondary N) is 2. The molecule has 0 aliphatic heterocycles. The van der Waals surface area contributed by atoms with Crippen molar-refractivity contribution in [3.63, 3.8) is 0 Å². The molecule has 4 nitrogen and oxygen atoms in total. The van der Waals surface area contributed by atoms with Crippen LogP contribution in [0.25, 0.3) is 0 Å². The van der Waals surface area contributed by atoms with Gasteiger partial charge in [0.25, 0.3) is 0 Å². The first-order valence-corrected chi connectivity index (χ1v) is 6.59. The van der Waals surface area contributed by atoms with E-state index < -0.39 is 17.6 Å². The molecule has 0 radical (unpaired) electrons. The van der Waals surface area contributed by atoms with Gasteiger partial charge in [0.1, 0.15) is 0 Å². The molecule has 2 N–H and O–H groups in total. The maximum absolute atomic E-state index is 12.6. The predicted octanol–water partition coefficient (Wildman–Crippen LogP) is 3.63. The van der Waals surface area contributed by atoms with E-state index in [1.165, 1.54) is 12.1 Å². The molecule has 1 amide bonds. The van der Waals surface area contributed by atoms with E-state index in [2.05, 4.69) is 10.6 Å². The Morgan fingerprint density at radius 3 is 2.48 bits per heavy atom. The highest BCUT2D eigenvalue weighted by Crippen LogP contribution is 2.30. The highest BCUT2D eigenvalue weighted by Gasteiger charge is 2.30. The molecule has 0 saturated carbocycles. The Bertz CT molecular complexity index is 751. The van der Waals surface area contributed by atoms with E-state index in [4.69, 9.17) is 5.26 Å². The molecule has 0 aliphatic carbocycles. The first kappa shape index (κ1) is 16.4. The average molecular weight is 319 g/mol. The van der Waals surface area contributed by atoms with Gasteiger partial charge in [0.05, 0.1) is 23.7 Å². The summed E-state index contributed by atoms with van der Waals surface area (Å²) in [4.78, 5) is 11.8. The highest BCUT2D eigenvalue weighted by molar-refractivity contribution is 5.93. The number of hydrogen-bond donors (Lipinski definition) is 2. The molecule has 0 atom stereocenters. The number of alkyl halides is 3. The third-order valence-electron chi connectivity index (χ3n) is 2.92. The number of carbonyl (C=O) groups excluding carboxylic acids is 1. The van der Waals surface area contributed by atoms with Gasteiger partial charge in [-0.25, -0.2) is 0 Å². The van der Waals surface area contributed by atoms with Gasteiger partial charge in [-0.1, -0.05) is 12.1 Å². The zero-order chi connectivity index (χ0) is 16.9. The second-order valence-electron chi connectivity index (χ2n) is 4.67. The van der Waals surface area contributed by atoms with E-state index in [1.54, 1.807) is 24.3 Å². The molecule has 0 bridgehead atoms. The molecular weight excluding hydrogens is 307 g/mol. The van der Waals surface area contributed by atoms with Gasteiger partial charge in [-0.2, -0.15) is 18.4 Å². The lowest BCUT2D eigenvalue weighted by Crippen LogP contribution is -2.22. The number of halogens is 3. The number of nitriles is 1. The number of carbonyl (C=O) groups is 1. The average Bonchev–Trinajstić information content (AvgIpc) is 2.52. The monoisotopic (exact) mass is 319 g/mol. The zero-order valence-corrected chi connectivity index (χ0v) is 11.8. The van der Waals surface area contributed by atoms with E-state index in [9.17, 15) is 18.0 Å². The molecule has 0 fully saturated rings. The molecule has 0 heterocycles. The topological polar surface area (TPSA) is 64.9 Å². The summed E-state index contributed by atoms with van der Waals surface area (Å²) in [6.45, 7) is -0.134. The van der Waals surface area contributed by atoms with Crippen molar-refractivity contribution < 1.29 is 18.0 Å². The normalized spacial score (nSPS) is 10.7. The molecule has 7 heteroatoms. The fourth-order valence-electron chi connectivity index (χ4n) is 1.86. The van der Waals surface area contributed by atoms with Crippen LogP contribution in [0, 0.1) is 11.3 Å². The minimum Gasteiger partial charge on any atom is -0.376 e. The fourth-order valence-corrected chi connectivity index (χ4v) is 1.86. The summed E-state index contributed by atoms with van der Waals surface area (Å²) in [5.74, 6) is -0.494. The van der Waals surface area contributed by atoms with Crippen LogP contribution in [0.1, 0.15) is 11.1 Å². The highest BCUT2D eigenvalue weighted by atomic mass is 19.4. The van der Waals surface area contributed by atoms with Crippen LogP contribution in [0.15, 0.2) is 48.5 Å². The Morgan fingerprint density at radius 1 is 1.09 bits per heavy atom. The third kappa shape index (κ3) is 4.74. The number of anilines is 2. The largest absolute Gasteiger partial charge is 0.416 e. The van der Waals surface area contributed by atoms with E-state index in [0.717, 1.165) is 12.1 Å². The lowest BCUT2D eigenvalue weighted by Gasteiger charge is -2.10. The van der Waals surface area contributed by atoms with Crippen molar-refractivity contribution in [2.45, 2.75) is 6.18 Å². The molecule has 2 aromatic carbocycles. The van der Waals surface area contributed by atoms with Crippen LogP contribution >= 0.6 is 0 Å². The van der Waals surface area contributed by atoms with Crippen molar-refractivity contribution in [3.8, 4) is 6.07 Å². The quantitative estimate of drug-likeness (QED) is 0.904. The molecule has 2 aromatic rings. The summed E-state index contributed by atoms with van der Waals surface area (Å²) in [6, 6.07) is 12.9. The molecule has 0 saturated heterocycles.